The van der Waals surface area contributed by atoms with Crippen molar-refractivity contribution in [1.82, 2.24) is 10.3 Å². The van der Waals surface area contributed by atoms with Gasteiger partial charge in [0, 0.05) is 23.7 Å². The molecule has 0 unspecified atom stereocenters. The molecule has 2 N–H and O–H groups in total. The summed E-state index contributed by atoms with van der Waals surface area (Å²) in [6.45, 7) is 0.556. The molecule has 23 heavy (non-hydrogen) atoms. The number of carboxylic acids is 1. The van der Waals surface area contributed by atoms with Gasteiger partial charge in [0.15, 0.2) is 0 Å². The Balaban J connectivity index is 1.71. The number of aromatic nitrogens is 1. The van der Waals surface area contributed by atoms with Crippen LogP contribution in [0.4, 0.5) is 0 Å². The van der Waals surface area contributed by atoms with Gasteiger partial charge in [-0.1, -0.05) is 36.8 Å². The number of rotatable bonds is 5. The molecule has 1 aliphatic carbocycles. The molecule has 0 radical (unpaired) electrons. The molecule has 118 valence electrons. The van der Waals surface area contributed by atoms with Gasteiger partial charge >= 0.3 is 5.97 Å². The first-order valence-corrected chi connectivity index (χ1v) is 7.64. The van der Waals surface area contributed by atoms with Crippen LogP contribution in [0.1, 0.15) is 45.7 Å². The van der Waals surface area contributed by atoms with Crippen LogP contribution in [0.5, 0.6) is 0 Å². The van der Waals surface area contributed by atoms with Gasteiger partial charge in [0.1, 0.15) is 5.69 Å². The van der Waals surface area contributed by atoms with Crippen LogP contribution in [0.2, 0.25) is 0 Å². The van der Waals surface area contributed by atoms with E-state index in [4.69, 9.17) is 5.11 Å². The molecule has 3 rings (SSSR count). The van der Waals surface area contributed by atoms with Crippen molar-refractivity contribution in [2.75, 3.05) is 6.54 Å². The third-order valence-electron chi connectivity index (χ3n) is 4.53. The highest BCUT2D eigenvalue weighted by Crippen LogP contribution is 2.43. The fourth-order valence-electron chi connectivity index (χ4n) is 3.00. The van der Waals surface area contributed by atoms with Gasteiger partial charge in [-0.25, -0.2) is 9.78 Å². The zero-order valence-electron chi connectivity index (χ0n) is 12.7. The lowest BCUT2D eigenvalue weighted by molar-refractivity contribution is 0.0690. The van der Waals surface area contributed by atoms with E-state index < -0.39 is 5.97 Å². The van der Waals surface area contributed by atoms with Gasteiger partial charge in [0.25, 0.3) is 5.91 Å². The maximum absolute atomic E-state index is 12.3. The van der Waals surface area contributed by atoms with E-state index in [9.17, 15) is 9.59 Å². The number of carbonyl (C=O) groups excluding carboxylic acids is 1. The lowest BCUT2D eigenvalue weighted by atomic mass is 9.64. The molecule has 0 saturated heterocycles. The second kappa shape index (κ2) is 6.20. The molecule has 1 aliphatic rings. The van der Waals surface area contributed by atoms with E-state index in [0.29, 0.717) is 12.1 Å². The van der Waals surface area contributed by atoms with Crippen LogP contribution >= 0.6 is 0 Å². The standard InChI is InChI=1S/C18H18N2O3/c21-16(13-7-10-19-15(11-13)17(22)23)20-12-18(8-4-9-18)14-5-2-1-3-6-14/h1-3,5-7,10-11H,4,8-9,12H2,(H,20,21)(H,22,23). The summed E-state index contributed by atoms with van der Waals surface area (Å²) in [6.07, 6.45) is 4.60. The molecule has 0 aliphatic heterocycles. The van der Waals surface area contributed by atoms with Gasteiger partial charge in [-0.15, -0.1) is 0 Å². The number of hydrogen-bond acceptors (Lipinski definition) is 3. The van der Waals surface area contributed by atoms with Gasteiger partial charge in [-0.3, -0.25) is 4.79 Å². The lowest BCUT2D eigenvalue weighted by Gasteiger charge is -2.42. The highest BCUT2D eigenvalue weighted by Gasteiger charge is 2.38. The summed E-state index contributed by atoms with van der Waals surface area (Å²) >= 11 is 0. The summed E-state index contributed by atoms with van der Waals surface area (Å²) in [4.78, 5) is 27.0. The quantitative estimate of drug-likeness (QED) is 0.890. The van der Waals surface area contributed by atoms with Crippen molar-refractivity contribution in [1.29, 1.82) is 0 Å². The summed E-state index contributed by atoms with van der Waals surface area (Å²) in [5.74, 6) is -1.41. The second-order valence-corrected chi connectivity index (χ2v) is 5.92. The van der Waals surface area contributed by atoms with Crippen molar-refractivity contribution in [2.45, 2.75) is 24.7 Å². The third-order valence-corrected chi connectivity index (χ3v) is 4.53. The molecule has 1 aromatic carbocycles. The molecule has 1 saturated carbocycles. The van der Waals surface area contributed by atoms with Crippen LogP contribution in [0.25, 0.3) is 0 Å². The van der Waals surface area contributed by atoms with Crippen LogP contribution < -0.4 is 5.32 Å². The first-order chi connectivity index (χ1) is 11.1. The van der Waals surface area contributed by atoms with Crippen molar-refractivity contribution in [3.63, 3.8) is 0 Å². The average Bonchev–Trinajstić information content (AvgIpc) is 2.55. The molecule has 1 heterocycles. The molecule has 2 aromatic rings. The normalized spacial score (nSPS) is 15.5. The van der Waals surface area contributed by atoms with Crippen molar-refractivity contribution in [2.24, 2.45) is 0 Å². The van der Waals surface area contributed by atoms with E-state index in [1.807, 2.05) is 18.2 Å². The number of nitrogens with one attached hydrogen (secondary N) is 1. The first-order valence-electron chi connectivity index (χ1n) is 7.64. The van der Waals surface area contributed by atoms with Crippen molar-refractivity contribution < 1.29 is 14.7 Å². The average molecular weight is 310 g/mol. The van der Waals surface area contributed by atoms with Gasteiger partial charge in [0.05, 0.1) is 0 Å². The molecule has 1 fully saturated rings. The number of carboxylic acid groups (broad SMARTS) is 1. The minimum absolute atomic E-state index is 0.000418. The van der Waals surface area contributed by atoms with Crippen LogP contribution in [-0.4, -0.2) is 28.5 Å². The van der Waals surface area contributed by atoms with Crippen LogP contribution in [-0.2, 0) is 5.41 Å². The Morgan fingerprint density at radius 2 is 1.91 bits per heavy atom. The fraction of sp³-hybridized carbons (Fsp3) is 0.278. The first kappa shape index (κ1) is 15.2. The van der Waals surface area contributed by atoms with Crippen molar-refractivity contribution in [3.8, 4) is 0 Å². The topological polar surface area (TPSA) is 79.3 Å². The molecule has 1 amide bonds. The molecule has 0 bridgehead atoms. The second-order valence-electron chi connectivity index (χ2n) is 5.92. The van der Waals surface area contributed by atoms with Gasteiger partial charge in [-0.05, 0) is 30.5 Å². The predicted molar refractivity (Wildman–Crippen MR) is 85.5 cm³/mol. The maximum Gasteiger partial charge on any atom is 0.354 e. The highest BCUT2D eigenvalue weighted by molar-refractivity contribution is 5.96. The zero-order chi connectivity index (χ0) is 16.3. The fourth-order valence-corrected chi connectivity index (χ4v) is 3.00. The van der Waals surface area contributed by atoms with E-state index in [2.05, 4.69) is 22.4 Å². The van der Waals surface area contributed by atoms with E-state index in [1.54, 1.807) is 0 Å². The zero-order valence-corrected chi connectivity index (χ0v) is 12.7. The number of pyridine rings is 1. The predicted octanol–water partition coefficient (Wildman–Crippen LogP) is 2.63. The van der Waals surface area contributed by atoms with Gasteiger partial charge < -0.3 is 10.4 Å². The summed E-state index contributed by atoms with van der Waals surface area (Å²) in [5.41, 5.74) is 1.44. The van der Waals surface area contributed by atoms with Crippen LogP contribution in [0, 0.1) is 0 Å². The largest absolute Gasteiger partial charge is 0.477 e. The van der Waals surface area contributed by atoms with Gasteiger partial charge in [0.2, 0.25) is 0 Å². The highest BCUT2D eigenvalue weighted by atomic mass is 16.4. The number of nitrogens with zero attached hydrogens (tertiary/aromatic N) is 1. The molecule has 1 aromatic heterocycles. The Bertz CT molecular complexity index is 724. The minimum Gasteiger partial charge on any atom is -0.477 e. The molecular formula is C18H18N2O3. The van der Waals surface area contributed by atoms with E-state index in [0.717, 1.165) is 19.3 Å². The molecule has 0 atom stereocenters. The van der Waals surface area contributed by atoms with Crippen LogP contribution in [0.15, 0.2) is 48.7 Å². The molecule has 5 heteroatoms. The van der Waals surface area contributed by atoms with E-state index >= 15 is 0 Å². The number of carbonyl (C=O) groups is 2. The molecule has 5 nitrogen and oxygen atoms in total. The molecule has 0 spiro atoms. The number of amides is 1. The SMILES string of the molecule is O=C(NCC1(c2ccccc2)CCC1)c1ccnc(C(=O)O)c1. The maximum atomic E-state index is 12.3. The summed E-state index contributed by atoms with van der Waals surface area (Å²) in [7, 11) is 0. The number of benzene rings is 1. The summed E-state index contributed by atoms with van der Waals surface area (Å²) in [6, 6.07) is 13.0. The minimum atomic E-state index is -1.14. The summed E-state index contributed by atoms with van der Waals surface area (Å²) < 4.78 is 0. The smallest absolute Gasteiger partial charge is 0.354 e. The van der Waals surface area contributed by atoms with Gasteiger partial charge in [-0.2, -0.15) is 0 Å². The monoisotopic (exact) mass is 310 g/mol. The van der Waals surface area contributed by atoms with Crippen molar-refractivity contribution in [3.05, 3.63) is 65.5 Å². The third kappa shape index (κ3) is 3.08. The Hall–Kier alpha value is -2.69. The molecular weight excluding hydrogens is 292 g/mol. The van der Waals surface area contributed by atoms with Crippen molar-refractivity contribution >= 4 is 11.9 Å². The van der Waals surface area contributed by atoms with Crippen LogP contribution in [0.3, 0.4) is 0 Å². The Morgan fingerprint density at radius 1 is 1.17 bits per heavy atom. The Labute approximate surface area is 134 Å². The summed E-state index contributed by atoms with van der Waals surface area (Å²) in [5, 5.41) is 11.9. The Kier molecular flexibility index (Phi) is 4.10. The lowest BCUT2D eigenvalue weighted by Crippen LogP contribution is -2.45. The number of hydrogen-bond donors (Lipinski definition) is 2. The Morgan fingerprint density at radius 3 is 2.52 bits per heavy atom. The number of aromatic carboxylic acids is 1. The van der Waals surface area contributed by atoms with E-state index in [1.165, 1.54) is 23.9 Å². The van der Waals surface area contributed by atoms with E-state index in [-0.39, 0.29) is 17.0 Å².